The summed E-state index contributed by atoms with van der Waals surface area (Å²) in [6.07, 6.45) is 9.38. The highest BCUT2D eigenvalue weighted by atomic mass is 79.9. The van der Waals surface area contributed by atoms with E-state index < -0.39 is 0 Å². The number of rotatable bonds is 1. The summed E-state index contributed by atoms with van der Waals surface area (Å²) in [5.41, 5.74) is 7.50. The summed E-state index contributed by atoms with van der Waals surface area (Å²) in [6, 6.07) is 6.34. The first-order valence-electron chi connectivity index (χ1n) is 7.46. The molecule has 1 aliphatic heterocycles. The molecule has 0 spiro atoms. The molecule has 1 fully saturated rings. The van der Waals surface area contributed by atoms with Gasteiger partial charge in [0.05, 0.1) is 0 Å². The summed E-state index contributed by atoms with van der Waals surface area (Å²) in [6.45, 7) is 0. The molecule has 0 amide bonds. The third kappa shape index (κ3) is 2.97. The molecule has 1 heterocycles. The summed E-state index contributed by atoms with van der Waals surface area (Å²) in [5, 5.41) is 0. The van der Waals surface area contributed by atoms with E-state index in [9.17, 15) is 0 Å². The summed E-state index contributed by atoms with van der Waals surface area (Å²) in [7, 11) is 0. The molecule has 1 aromatic carbocycles. The molecule has 0 aromatic heterocycles. The van der Waals surface area contributed by atoms with Crippen LogP contribution in [0, 0.1) is 5.92 Å². The second-order valence-corrected chi connectivity index (χ2v) is 6.85. The van der Waals surface area contributed by atoms with Gasteiger partial charge in [0.15, 0.2) is 0 Å². The van der Waals surface area contributed by atoms with E-state index in [-0.39, 0.29) is 6.04 Å². The predicted molar refractivity (Wildman–Crippen MR) is 81.3 cm³/mol. The Hall–Kier alpha value is -0.540. The monoisotopic (exact) mass is 323 g/mol. The molecule has 1 aromatic rings. The zero-order valence-corrected chi connectivity index (χ0v) is 12.9. The van der Waals surface area contributed by atoms with E-state index in [1.54, 1.807) is 0 Å². The lowest BCUT2D eigenvalue weighted by Crippen LogP contribution is -2.35. The van der Waals surface area contributed by atoms with Crippen molar-refractivity contribution in [2.75, 3.05) is 0 Å². The molecule has 104 valence electrons. The van der Waals surface area contributed by atoms with Crippen molar-refractivity contribution in [1.29, 1.82) is 0 Å². The van der Waals surface area contributed by atoms with E-state index in [1.807, 2.05) is 6.07 Å². The number of fused-ring (bicyclic) bond motifs is 1. The average Bonchev–Trinajstić information content (AvgIpc) is 2.66. The summed E-state index contributed by atoms with van der Waals surface area (Å²) < 4.78 is 7.34. The number of hydrogen-bond acceptors (Lipinski definition) is 2. The molecule has 1 saturated carbocycles. The van der Waals surface area contributed by atoms with Gasteiger partial charge in [-0.3, -0.25) is 0 Å². The van der Waals surface area contributed by atoms with Gasteiger partial charge in [-0.1, -0.05) is 47.7 Å². The quantitative estimate of drug-likeness (QED) is 0.768. The highest BCUT2D eigenvalue weighted by Crippen LogP contribution is 2.40. The van der Waals surface area contributed by atoms with Crippen molar-refractivity contribution in [2.45, 2.75) is 57.1 Å². The Morgan fingerprint density at radius 3 is 2.58 bits per heavy atom. The van der Waals surface area contributed by atoms with Gasteiger partial charge >= 0.3 is 0 Å². The second kappa shape index (κ2) is 5.84. The molecule has 2 N–H and O–H groups in total. The van der Waals surface area contributed by atoms with E-state index >= 15 is 0 Å². The van der Waals surface area contributed by atoms with Crippen LogP contribution in [0.2, 0.25) is 0 Å². The maximum absolute atomic E-state index is 6.34. The van der Waals surface area contributed by atoms with Gasteiger partial charge in [0.1, 0.15) is 11.9 Å². The van der Waals surface area contributed by atoms with Crippen LogP contribution in [-0.2, 0) is 0 Å². The molecule has 0 bridgehead atoms. The average molecular weight is 324 g/mol. The first-order chi connectivity index (χ1) is 9.24. The number of hydrogen-bond donors (Lipinski definition) is 1. The van der Waals surface area contributed by atoms with E-state index in [1.165, 1.54) is 38.5 Å². The van der Waals surface area contributed by atoms with Gasteiger partial charge < -0.3 is 10.5 Å². The lowest BCUT2D eigenvalue weighted by atomic mass is 9.86. The van der Waals surface area contributed by atoms with Crippen LogP contribution in [0.15, 0.2) is 22.7 Å². The summed E-state index contributed by atoms with van der Waals surface area (Å²) in [4.78, 5) is 0. The number of benzene rings is 1. The van der Waals surface area contributed by atoms with Gasteiger partial charge in [0.25, 0.3) is 0 Å². The smallest absolute Gasteiger partial charge is 0.125 e. The Kier molecular flexibility index (Phi) is 4.13. The Labute approximate surface area is 123 Å². The molecule has 3 heteroatoms. The Bertz CT molecular complexity index is 440. The molecule has 3 rings (SSSR count). The highest BCUT2D eigenvalue weighted by Gasteiger charge is 2.32. The van der Waals surface area contributed by atoms with Gasteiger partial charge in [0.2, 0.25) is 0 Å². The summed E-state index contributed by atoms with van der Waals surface area (Å²) in [5.74, 6) is 1.68. The second-order valence-electron chi connectivity index (χ2n) is 5.93. The Morgan fingerprint density at radius 1 is 1.11 bits per heavy atom. The van der Waals surface area contributed by atoms with Crippen LogP contribution in [0.5, 0.6) is 5.75 Å². The van der Waals surface area contributed by atoms with Gasteiger partial charge in [-0.25, -0.2) is 0 Å². The van der Waals surface area contributed by atoms with Gasteiger partial charge in [-0.05, 0) is 30.9 Å². The number of nitrogens with two attached hydrogens (primary N) is 1. The predicted octanol–water partition coefficient (Wildman–Crippen LogP) is 4.57. The summed E-state index contributed by atoms with van der Waals surface area (Å²) >= 11 is 3.52. The van der Waals surface area contributed by atoms with Crippen LogP contribution in [0.25, 0.3) is 0 Å². The maximum Gasteiger partial charge on any atom is 0.125 e. The third-order valence-electron chi connectivity index (χ3n) is 4.57. The zero-order valence-electron chi connectivity index (χ0n) is 11.3. The molecule has 2 nitrogen and oxygen atoms in total. The maximum atomic E-state index is 6.34. The largest absolute Gasteiger partial charge is 0.490 e. The normalized spacial score (nSPS) is 28.3. The van der Waals surface area contributed by atoms with Crippen molar-refractivity contribution in [3.8, 4) is 5.75 Å². The van der Waals surface area contributed by atoms with Crippen LogP contribution in [0.4, 0.5) is 0 Å². The molecule has 19 heavy (non-hydrogen) atoms. The van der Waals surface area contributed by atoms with Crippen molar-refractivity contribution in [3.05, 3.63) is 28.2 Å². The molecular weight excluding hydrogens is 302 g/mol. The van der Waals surface area contributed by atoms with Gasteiger partial charge in [0, 0.05) is 22.5 Å². The minimum atomic E-state index is 0.130. The van der Waals surface area contributed by atoms with Gasteiger partial charge in [-0.2, -0.15) is 0 Å². The minimum absolute atomic E-state index is 0.130. The first-order valence-corrected chi connectivity index (χ1v) is 8.25. The fraction of sp³-hybridized carbons (Fsp3) is 0.625. The molecule has 1 unspecified atom stereocenters. The Morgan fingerprint density at radius 2 is 1.84 bits per heavy atom. The fourth-order valence-corrected chi connectivity index (χ4v) is 3.82. The zero-order chi connectivity index (χ0) is 13.2. The standard InChI is InChI=1S/C16H22BrNO/c17-12-7-8-13-14(18)10-15(19-16(13)9-12)11-5-3-1-2-4-6-11/h7-9,11,14-15H,1-6,10,18H2/t14-,15?/m0/s1. The van der Waals surface area contributed by atoms with Crippen LogP contribution >= 0.6 is 15.9 Å². The number of halogens is 1. The van der Waals surface area contributed by atoms with Crippen LogP contribution in [-0.4, -0.2) is 6.10 Å². The van der Waals surface area contributed by atoms with Crippen LogP contribution < -0.4 is 10.5 Å². The Balaban J connectivity index is 1.79. The van der Waals surface area contributed by atoms with E-state index in [2.05, 4.69) is 28.1 Å². The van der Waals surface area contributed by atoms with Crippen molar-refractivity contribution in [2.24, 2.45) is 11.7 Å². The SMILES string of the molecule is N[C@H]1CC(C2CCCCCC2)Oc2cc(Br)ccc21. The fourth-order valence-electron chi connectivity index (χ4n) is 3.48. The molecule has 0 radical (unpaired) electrons. The lowest BCUT2D eigenvalue weighted by Gasteiger charge is -2.35. The van der Waals surface area contributed by atoms with Crippen LogP contribution in [0.1, 0.15) is 56.6 Å². The molecule has 0 saturated heterocycles. The lowest BCUT2D eigenvalue weighted by molar-refractivity contribution is 0.0905. The van der Waals surface area contributed by atoms with Crippen molar-refractivity contribution >= 4 is 15.9 Å². The van der Waals surface area contributed by atoms with Crippen molar-refractivity contribution < 1.29 is 4.74 Å². The number of ether oxygens (including phenoxy) is 1. The van der Waals surface area contributed by atoms with E-state index in [4.69, 9.17) is 10.5 Å². The molecule has 2 aliphatic rings. The van der Waals surface area contributed by atoms with Crippen LogP contribution in [0.3, 0.4) is 0 Å². The van der Waals surface area contributed by atoms with E-state index in [0.717, 1.165) is 22.2 Å². The van der Waals surface area contributed by atoms with Crippen molar-refractivity contribution in [3.63, 3.8) is 0 Å². The topological polar surface area (TPSA) is 35.2 Å². The first kappa shape index (κ1) is 13.4. The molecular formula is C16H22BrNO. The molecule has 2 atom stereocenters. The van der Waals surface area contributed by atoms with Gasteiger partial charge in [-0.15, -0.1) is 0 Å². The van der Waals surface area contributed by atoms with E-state index in [0.29, 0.717) is 12.0 Å². The highest BCUT2D eigenvalue weighted by molar-refractivity contribution is 9.10. The minimum Gasteiger partial charge on any atom is -0.490 e. The molecule has 1 aliphatic carbocycles. The van der Waals surface area contributed by atoms with Crippen molar-refractivity contribution in [1.82, 2.24) is 0 Å². The third-order valence-corrected chi connectivity index (χ3v) is 5.06.